The van der Waals surface area contributed by atoms with Crippen molar-refractivity contribution in [2.75, 3.05) is 17.7 Å². The van der Waals surface area contributed by atoms with Crippen LogP contribution in [-0.2, 0) is 6.42 Å². The van der Waals surface area contributed by atoms with Crippen molar-refractivity contribution in [1.29, 1.82) is 0 Å². The molecular weight excluding hydrogens is 362 g/mol. The molecule has 0 saturated carbocycles. The summed E-state index contributed by atoms with van der Waals surface area (Å²) >= 11 is 0. The zero-order valence-electron chi connectivity index (χ0n) is 16.7. The van der Waals surface area contributed by atoms with E-state index in [1.54, 1.807) is 18.2 Å². The Morgan fingerprint density at radius 1 is 1.07 bits per heavy atom. The highest BCUT2D eigenvalue weighted by Gasteiger charge is 2.12. The fourth-order valence-corrected chi connectivity index (χ4v) is 3.60. The van der Waals surface area contributed by atoms with Gasteiger partial charge in [-0.1, -0.05) is 38.1 Å². The van der Waals surface area contributed by atoms with Crippen LogP contribution in [0.3, 0.4) is 0 Å². The van der Waals surface area contributed by atoms with Crippen LogP contribution in [0.25, 0.3) is 21.8 Å². The van der Waals surface area contributed by atoms with Crippen LogP contribution < -0.4 is 15.8 Å². The number of anilines is 2. The van der Waals surface area contributed by atoms with Crippen molar-refractivity contribution < 1.29 is 9.53 Å². The Balaban J connectivity index is 1.59. The number of nitrogen functional groups attached to an aromatic ring is 1. The zero-order valence-corrected chi connectivity index (χ0v) is 16.7. The quantitative estimate of drug-likeness (QED) is 0.382. The first-order chi connectivity index (χ1) is 14.1. The second-order valence-corrected chi connectivity index (χ2v) is 7.13. The number of hydrogen-bond donors (Lipinski definition) is 3. The molecule has 5 heteroatoms. The third-order valence-corrected chi connectivity index (χ3v) is 5.09. The first kappa shape index (κ1) is 18.9. The number of carbonyl (C=O) groups excluding carboxylic acids is 1. The van der Waals surface area contributed by atoms with E-state index >= 15 is 0 Å². The van der Waals surface area contributed by atoms with Gasteiger partial charge in [-0.25, -0.2) is 0 Å². The fraction of sp³-hybridized carbons (Fsp3) is 0.208. The van der Waals surface area contributed by atoms with E-state index in [4.69, 9.17) is 10.5 Å². The number of aromatic nitrogens is 1. The monoisotopic (exact) mass is 387 g/mol. The van der Waals surface area contributed by atoms with Crippen LogP contribution in [0.15, 0.2) is 54.6 Å². The van der Waals surface area contributed by atoms with Crippen molar-refractivity contribution in [3.63, 3.8) is 0 Å². The summed E-state index contributed by atoms with van der Waals surface area (Å²) in [5.74, 6) is 0.401. The Morgan fingerprint density at radius 3 is 2.69 bits per heavy atom. The Labute approximate surface area is 169 Å². The molecule has 5 nitrogen and oxygen atoms in total. The van der Waals surface area contributed by atoms with Crippen LogP contribution in [0.2, 0.25) is 0 Å². The van der Waals surface area contributed by atoms with Crippen molar-refractivity contribution in [1.82, 2.24) is 4.98 Å². The van der Waals surface area contributed by atoms with Crippen molar-refractivity contribution in [3.8, 4) is 5.75 Å². The Hall–Kier alpha value is -3.47. The predicted molar refractivity (Wildman–Crippen MR) is 120 cm³/mol. The molecule has 0 radical (unpaired) electrons. The van der Waals surface area contributed by atoms with Gasteiger partial charge in [0.05, 0.1) is 12.3 Å². The molecule has 1 amide bonds. The third kappa shape index (κ3) is 3.63. The first-order valence-corrected chi connectivity index (χ1v) is 9.97. The highest BCUT2D eigenvalue weighted by atomic mass is 16.5. The van der Waals surface area contributed by atoms with E-state index in [-0.39, 0.29) is 5.91 Å². The number of fused-ring (bicyclic) bond motifs is 3. The number of nitrogens with one attached hydrogen (secondary N) is 2. The molecule has 0 spiro atoms. The van der Waals surface area contributed by atoms with E-state index in [1.807, 2.05) is 25.1 Å². The molecule has 0 aliphatic heterocycles. The number of rotatable bonds is 6. The maximum Gasteiger partial charge on any atom is 0.255 e. The number of aryl methyl sites for hydroxylation is 1. The second-order valence-electron chi connectivity index (χ2n) is 7.13. The van der Waals surface area contributed by atoms with Crippen molar-refractivity contribution in [3.05, 3.63) is 65.7 Å². The lowest BCUT2D eigenvalue weighted by molar-refractivity contribution is 0.102. The van der Waals surface area contributed by atoms with Crippen LogP contribution in [0.1, 0.15) is 36.2 Å². The molecule has 0 aliphatic rings. The molecule has 4 aromatic rings. The van der Waals surface area contributed by atoms with E-state index in [2.05, 4.69) is 35.4 Å². The number of aromatic amines is 1. The molecule has 1 heterocycles. The number of amides is 1. The van der Waals surface area contributed by atoms with Gasteiger partial charge < -0.3 is 20.8 Å². The smallest absolute Gasteiger partial charge is 0.255 e. The number of hydrogen-bond acceptors (Lipinski definition) is 3. The lowest BCUT2D eigenvalue weighted by atomic mass is 10.1. The molecule has 0 aliphatic carbocycles. The molecule has 29 heavy (non-hydrogen) atoms. The van der Waals surface area contributed by atoms with Gasteiger partial charge in [0.1, 0.15) is 5.75 Å². The van der Waals surface area contributed by atoms with Gasteiger partial charge in [-0.3, -0.25) is 4.79 Å². The van der Waals surface area contributed by atoms with Crippen molar-refractivity contribution >= 4 is 39.1 Å². The average Bonchev–Trinajstić information content (AvgIpc) is 3.10. The van der Waals surface area contributed by atoms with E-state index < -0.39 is 0 Å². The Morgan fingerprint density at radius 2 is 1.93 bits per heavy atom. The fourth-order valence-electron chi connectivity index (χ4n) is 3.60. The van der Waals surface area contributed by atoms with E-state index in [0.717, 1.165) is 34.9 Å². The van der Waals surface area contributed by atoms with Gasteiger partial charge in [-0.2, -0.15) is 0 Å². The molecule has 0 fully saturated rings. The van der Waals surface area contributed by atoms with E-state index in [1.165, 1.54) is 10.9 Å². The molecule has 148 valence electrons. The minimum Gasteiger partial charge on any atom is -0.491 e. The summed E-state index contributed by atoms with van der Waals surface area (Å²) in [4.78, 5) is 16.2. The summed E-state index contributed by atoms with van der Waals surface area (Å²) in [6.07, 6.45) is 1.87. The first-order valence-electron chi connectivity index (χ1n) is 9.97. The molecule has 0 bridgehead atoms. The van der Waals surface area contributed by atoms with Crippen LogP contribution in [0, 0.1) is 0 Å². The molecular formula is C24H25N3O2. The number of benzene rings is 3. The van der Waals surface area contributed by atoms with Gasteiger partial charge in [0.25, 0.3) is 5.91 Å². The molecule has 0 saturated heterocycles. The number of ether oxygens (including phenoxy) is 1. The summed E-state index contributed by atoms with van der Waals surface area (Å²) < 4.78 is 5.57. The second kappa shape index (κ2) is 7.87. The minimum atomic E-state index is -0.205. The maximum atomic E-state index is 12.7. The van der Waals surface area contributed by atoms with Crippen LogP contribution in [0.4, 0.5) is 11.4 Å². The summed E-state index contributed by atoms with van der Waals surface area (Å²) in [6.45, 7) is 4.78. The standard InChI is InChI=1S/C24H25N3O2/c1-3-12-29-22-11-8-16(13-20(22)25)24(28)26-17-9-10-18-19-7-5-6-15(4-2)23(19)27-21(18)14-17/h5-11,13-14,27H,3-4,12,25H2,1-2H3,(H,26,28). The predicted octanol–water partition coefficient (Wildman–Crippen LogP) is 5.51. The SMILES string of the molecule is CCCOc1ccc(C(=O)Nc2ccc3c(c2)[nH]c2c(CC)cccc23)cc1N. The topological polar surface area (TPSA) is 80.1 Å². The number of H-pyrrole nitrogens is 1. The van der Waals surface area contributed by atoms with Gasteiger partial charge in [0.2, 0.25) is 0 Å². The minimum absolute atomic E-state index is 0.205. The van der Waals surface area contributed by atoms with Gasteiger partial charge in [0, 0.05) is 33.1 Å². The van der Waals surface area contributed by atoms with Gasteiger partial charge >= 0.3 is 0 Å². The average molecular weight is 387 g/mol. The molecule has 4 rings (SSSR count). The van der Waals surface area contributed by atoms with Gasteiger partial charge in [-0.15, -0.1) is 0 Å². The third-order valence-electron chi connectivity index (χ3n) is 5.09. The van der Waals surface area contributed by atoms with Crippen LogP contribution in [0.5, 0.6) is 5.75 Å². The van der Waals surface area contributed by atoms with Gasteiger partial charge in [0.15, 0.2) is 0 Å². The zero-order chi connectivity index (χ0) is 20.4. The highest BCUT2D eigenvalue weighted by Crippen LogP contribution is 2.30. The number of carbonyl (C=O) groups is 1. The summed E-state index contributed by atoms with van der Waals surface area (Å²) in [5.41, 5.74) is 11.2. The maximum absolute atomic E-state index is 12.7. The van der Waals surface area contributed by atoms with E-state index in [9.17, 15) is 4.79 Å². The summed E-state index contributed by atoms with van der Waals surface area (Å²) in [7, 11) is 0. The van der Waals surface area contributed by atoms with Crippen LogP contribution >= 0.6 is 0 Å². The Bertz CT molecular complexity index is 1190. The lowest BCUT2D eigenvalue weighted by Crippen LogP contribution is -2.12. The largest absolute Gasteiger partial charge is 0.491 e. The van der Waals surface area contributed by atoms with Gasteiger partial charge in [-0.05, 0) is 48.7 Å². The highest BCUT2D eigenvalue weighted by molar-refractivity contribution is 6.10. The van der Waals surface area contributed by atoms with Crippen LogP contribution in [-0.4, -0.2) is 17.5 Å². The molecule has 0 atom stereocenters. The summed E-state index contributed by atoms with van der Waals surface area (Å²) in [6, 6.07) is 17.4. The molecule has 4 N–H and O–H groups in total. The van der Waals surface area contributed by atoms with Crippen molar-refractivity contribution in [2.45, 2.75) is 26.7 Å². The van der Waals surface area contributed by atoms with E-state index in [0.29, 0.717) is 23.6 Å². The number of para-hydroxylation sites is 1. The normalized spacial score (nSPS) is 11.1. The van der Waals surface area contributed by atoms with Crippen molar-refractivity contribution in [2.24, 2.45) is 0 Å². The molecule has 3 aromatic carbocycles. The molecule has 1 aromatic heterocycles. The molecule has 0 unspecified atom stereocenters. The Kier molecular flexibility index (Phi) is 5.12. The summed E-state index contributed by atoms with van der Waals surface area (Å²) in [5, 5.41) is 5.31. The number of nitrogens with two attached hydrogens (primary N) is 1. The lowest BCUT2D eigenvalue weighted by Gasteiger charge is -2.10.